The Balaban J connectivity index is 2.17. The maximum absolute atomic E-state index is 11.4. The van der Waals surface area contributed by atoms with Crippen molar-refractivity contribution in [3.05, 3.63) is 40.2 Å². The normalized spacial score (nSPS) is 10.2. The van der Waals surface area contributed by atoms with Crippen LogP contribution < -0.4 is 5.32 Å². The average molecular weight is 355 g/mol. The smallest absolute Gasteiger partial charge is 0.360 e. The number of rotatable bonds is 5. The number of hydrogen-bond donors (Lipinski definition) is 2. The number of hydrogen-bond acceptors (Lipinski definition) is 6. The van der Waals surface area contributed by atoms with E-state index < -0.39 is 11.9 Å². The summed E-state index contributed by atoms with van der Waals surface area (Å²) in [5.74, 6) is -1.65. The minimum Gasteiger partial charge on any atom is -0.478 e. The molecule has 1 aromatic heterocycles. The van der Waals surface area contributed by atoms with Crippen LogP contribution in [0.25, 0.3) is 0 Å². The van der Waals surface area contributed by atoms with Crippen molar-refractivity contribution in [3.63, 3.8) is 0 Å². The largest absolute Gasteiger partial charge is 0.478 e. The Hall–Kier alpha value is -2.35. The third-order valence-corrected chi connectivity index (χ3v) is 3.13. The molecule has 2 aromatic rings. The summed E-state index contributed by atoms with van der Waals surface area (Å²) in [6.07, 6.45) is 1.16. The first-order valence-corrected chi connectivity index (χ1v) is 6.73. The van der Waals surface area contributed by atoms with Crippen molar-refractivity contribution in [2.24, 2.45) is 0 Å². The first kappa shape index (κ1) is 15.0. The van der Waals surface area contributed by atoms with Crippen molar-refractivity contribution >= 4 is 39.6 Å². The number of aromatic nitrogens is 1. The molecule has 0 bridgehead atoms. The first-order valence-electron chi connectivity index (χ1n) is 5.93. The molecule has 0 unspecified atom stereocenters. The highest BCUT2D eigenvalue weighted by Crippen LogP contribution is 2.23. The molecule has 0 atom stereocenters. The maximum atomic E-state index is 11.4. The van der Waals surface area contributed by atoms with Gasteiger partial charge in [-0.3, -0.25) is 0 Å². The summed E-state index contributed by atoms with van der Waals surface area (Å²) >= 11 is 3.15. The molecule has 2 N–H and O–H groups in total. The summed E-state index contributed by atoms with van der Waals surface area (Å²) < 4.78 is 10.3. The number of nitrogens with zero attached hydrogens (tertiary/aromatic N) is 1. The van der Waals surface area contributed by atoms with Crippen LogP contribution in [0.2, 0.25) is 0 Å². The summed E-state index contributed by atoms with van der Waals surface area (Å²) in [5.41, 5.74) is 0.597. The van der Waals surface area contributed by atoms with Gasteiger partial charge in [0.15, 0.2) is 5.69 Å². The molecule has 0 aliphatic rings. The Morgan fingerprint density at radius 1 is 1.48 bits per heavy atom. The molecule has 1 aromatic carbocycles. The molecule has 7 nitrogen and oxygen atoms in total. The number of carboxylic acids is 1. The van der Waals surface area contributed by atoms with Crippen molar-refractivity contribution < 1.29 is 23.8 Å². The number of nitrogens with one attached hydrogen (secondary N) is 1. The minimum absolute atomic E-state index is 0.0370. The number of carbonyl (C=O) groups excluding carboxylic acids is 1. The lowest BCUT2D eigenvalue weighted by Gasteiger charge is -2.04. The number of oxazole rings is 1. The van der Waals surface area contributed by atoms with Gasteiger partial charge in [0.1, 0.15) is 6.26 Å². The molecule has 0 saturated heterocycles. The van der Waals surface area contributed by atoms with Crippen LogP contribution in [-0.2, 0) is 4.74 Å². The van der Waals surface area contributed by atoms with Crippen LogP contribution in [-0.4, -0.2) is 28.6 Å². The molecular formula is C13H11BrN2O5. The number of halogens is 1. The predicted octanol–water partition coefficient (Wildman–Crippen LogP) is 3.06. The van der Waals surface area contributed by atoms with Crippen LogP contribution in [0.4, 0.5) is 11.7 Å². The van der Waals surface area contributed by atoms with Crippen LogP contribution >= 0.6 is 15.9 Å². The molecule has 8 heteroatoms. The van der Waals surface area contributed by atoms with Gasteiger partial charge in [0.25, 0.3) is 6.01 Å². The van der Waals surface area contributed by atoms with Gasteiger partial charge in [-0.25, -0.2) is 9.59 Å². The fourth-order valence-electron chi connectivity index (χ4n) is 1.52. The van der Waals surface area contributed by atoms with Gasteiger partial charge in [-0.1, -0.05) is 0 Å². The fourth-order valence-corrected chi connectivity index (χ4v) is 1.94. The molecule has 2 rings (SSSR count). The van der Waals surface area contributed by atoms with Crippen LogP contribution in [0.15, 0.2) is 33.4 Å². The van der Waals surface area contributed by atoms with Crippen molar-refractivity contribution in [2.45, 2.75) is 6.92 Å². The Kier molecular flexibility index (Phi) is 4.59. The highest BCUT2D eigenvalue weighted by Gasteiger charge is 2.14. The van der Waals surface area contributed by atoms with Gasteiger partial charge in [-0.05, 0) is 41.1 Å². The standard InChI is InChI=1S/C13H11BrN2O5/c1-2-20-12(19)10-6-21-13(16-10)15-7-3-4-9(14)8(5-7)11(17)18/h3-6H,2H2,1H3,(H,15,16)(H,17,18). The van der Waals surface area contributed by atoms with Crippen molar-refractivity contribution in [3.8, 4) is 0 Å². The zero-order valence-corrected chi connectivity index (χ0v) is 12.5. The molecule has 21 heavy (non-hydrogen) atoms. The minimum atomic E-state index is -1.06. The molecule has 0 saturated carbocycles. The zero-order chi connectivity index (χ0) is 15.4. The Morgan fingerprint density at radius 3 is 2.90 bits per heavy atom. The molecule has 1 heterocycles. The third-order valence-electron chi connectivity index (χ3n) is 2.44. The lowest BCUT2D eigenvalue weighted by Crippen LogP contribution is -2.05. The van der Waals surface area contributed by atoms with Gasteiger partial charge in [0.2, 0.25) is 0 Å². The van der Waals surface area contributed by atoms with Gasteiger partial charge < -0.3 is 19.6 Å². The average Bonchev–Trinajstić information content (AvgIpc) is 2.89. The van der Waals surface area contributed by atoms with E-state index in [1.807, 2.05) is 0 Å². The van der Waals surface area contributed by atoms with E-state index in [4.69, 9.17) is 14.3 Å². The summed E-state index contributed by atoms with van der Waals surface area (Å²) in [7, 11) is 0. The molecule has 0 aliphatic carbocycles. The zero-order valence-electron chi connectivity index (χ0n) is 10.9. The van der Waals surface area contributed by atoms with E-state index in [1.165, 1.54) is 6.07 Å². The van der Waals surface area contributed by atoms with Crippen molar-refractivity contribution in [1.29, 1.82) is 0 Å². The van der Waals surface area contributed by atoms with E-state index in [-0.39, 0.29) is 23.9 Å². The van der Waals surface area contributed by atoms with Gasteiger partial charge in [-0.2, -0.15) is 4.98 Å². The molecule has 0 aliphatic heterocycles. The summed E-state index contributed by atoms with van der Waals surface area (Å²) in [4.78, 5) is 26.4. The van der Waals surface area contributed by atoms with Crippen LogP contribution in [0.1, 0.15) is 27.8 Å². The number of carboxylic acid groups (broad SMARTS) is 1. The van der Waals surface area contributed by atoms with E-state index in [2.05, 4.69) is 26.2 Å². The molecule has 110 valence electrons. The Morgan fingerprint density at radius 2 is 2.24 bits per heavy atom. The molecule has 0 radical (unpaired) electrons. The Bertz CT molecular complexity index is 683. The molecule has 0 fully saturated rings. The second kappa shape index (κ2) is 6.40. The predicted molar refractivity (Wildman–Crippen MR) is 76.8 cm³/mol. The summed E-state index contributed by atoms with van der Waals surface area (Å²) in [5, 5.41) is 11.8. The van der Waals surface area contributed by atoms with Crippen LogP contribution in [0.3, 0.4) is 0 Å². The number of aromatic carboxylic acids is 1. The lowest BCUT2D eigenvalue weighted by molar-refractivity contribution is 0.0519. The number of ether oxygens (including phenoxy) is 1. The summed E-state index contributed by atoms with van der Waals surface area (Å²) in [6, 6.07) is 4.71. The van der Waals surface area contributed by atoms with E-state index in [1.54, 1.807) is 19.1 Å². The van der Waals surface area contributed by atoms with Gasteiger partial charge in [0.05, 0.1) is 12.2 Å². The third kappa shape index (κ3) is 3.60. The van der Waals surface area contributed by atoms with E-state index in [0.717, 1.165) is 6.26 Å². The summed E-state index contributed by atoms with van der Waals surface area (Å²) in [6.45, 7) is 1.93. The molecule has 0 amide bonds. The van der Waals surface area contributed by atoms with E-state index >= 15 is 0 Å². The second-order valence-electron chi connectivity index (χ2n) is 3.88. The van der Waals surface area contributed by atoms with Gasteiger partial charge >= 0.3 is 11.9 Å². The number of anilines is 2. The highest BCUT2D eigenvalue weighted by atomic mass is 79.9. The van der Waals surface area contributed by atoms with Crippen LogP contribution in [0.5, 0.6) is 0 Å². The molecule has 0 spiro atoms. The maximum Gasteiger partial charge on any atom is 0.360 e. The Labute approximate surface area is 128 Å². The highest BCUT2D eigenvalue weighted by molar-refractivity contribution is 9.10. The van der Waals surface area contributed by atoms with Gasteiger partial charge in [-0.15, -0.1) is 0 Å². The van der Waals surface area contributed by atoms with Crippen LogP contribution in [0, 0.1) is 0 Å². The number of esters is 1. The van der Waals surface area contributed by atoms with E-state index in [0.29, 0.717) is 10.2 Å². The van der Waals surface area contributed by atoms with Crippen molar-refractivity contribution in [2.75, 3.05) is 11.9 Å². The van der Waals surface area contributed by atoms with Crippen molar-refractivity contribution in [1.82, 2.24) is 4.98 Å². The number of benzene rings is 1. The van der Waals surface area contributed by atoms with Gasteiger partial charge in [0, 0.05) is 10.2 Å². The van der Waals surface area contributed by atoms with E-state index in [9.17, 15) is 9.59 Å². The molecular weight excluding hydrogens is 344 g/mol. The first-order chi connectivity index (χ1) is 10.0. The second-order valence-corrected chi connectivity index (χ2v) is 4.74. The number of carbonyl (C=O) groups is 2. The monoisotopic (exact) mass is 354 g/mol. The quantitative estimate of drug-likeness (QED) is 0.795. The fraction of sp³-hybridized carbons (Fsp3) is 0.154. The lowest BCUT2D eigenvalue weighted by atomic mass is 10.2. The SMILES string of the molecule is CCOC(=O)c1coc(Nc2ccc(Br)c(C(=O)O)c2)n1. The topological polar surface area (TPSA) is 102 Å².